The Hall–Kier alpha value is -4.37. The first-order valence-electron chi connectivity index (χ1n) is 10.2. The van der Waals surface area contributed by atoms with Crippen LogP contribution >= 0.6 is 0 Å². The molecule has 9 heteroatoms. The molecule has 3 N–H and O–H groups in total. The molecule has 0 bridgehead atoms. The Balaban J connectivity index is 1.79. The van der Waals surface area contributed by atoms with E-state index in [9.17, 15) is 19.7 Å². The molecule has 9 nitrogen and oxygen atoms in total. The third kappa shape index (κ3) is 4.35. The number of benzene rings is 3. The second-order valence-electron chi connectivity index (χ2n) is 7.49. The van der Waals surface area contributed by atoms with Crippen molar-refractivity contribution >= 4 is 40.3 Å². The van der Waals surface area contributed by atoms with Gasteiger partial charge in [0.15, 0.2) is 0 Å². The van der Waals surface area contributed by atoms with Crippen molar-refractivity contribution in [3.63, 3.8) is 0 Å². The summed E-state index contributed by atoms with van der Waals surface area (Å²) in [4.78, 5) is 41.8. The minimum absolute atomic E-state index is 0.0976. The maximum Gasteiger partial charge on any atom is 0.269 e. The first-order valence-corrected chi connectivity index (χ1v) is 10.2. The third-order valence-corrected chi connectivity index (χ3v) is 5.46. The van der Waals surface area contributed by atoms with Crippen LogP contribution in [0.2, 0.25) is 0 Å². The van der Waals surface area contributed by atoms with Crippen molar-refractivity contribution in [2.45, 2.75) is 5.92 Å². The van der Waals surface area contributed by atoms with Gasteiger partial charge in [-0.2, -0.15) is 0 Å². The average molecular weight is 443 g/mol. The van der Waals surface area contributed by atoms with Crippen molar-refractivity contribution in [2.24, 2.45) is 10.7 Å². The highest BCUT2D eigenvalue weighted by molar-refractivity contribution is 6.24. The number of hydrogen-bond acceptors (Lipinski definition) is 6. The fourth-order valence-electron chi connectivity index (χ4n) is 3.71. The molecule has 3 aromatic rings. The lowest BCUT2D eigenvalue weighted by molar-refractivity contribution is -0.384. The zero-order chi connectivity index (χ0) is 23.5. The first kappa shape index (κ1) is 21.8. The van der Waals surface area contributed by atoms with E-state index in [-0.39, 0.29) is 24.0 Å². The summed E-state index contributed by atoms with van der Waals surface area (Å²) in [5.74, 6) is -1.35. The quantitative estimate of drug-likeness (QED) is 0.343. The summed E-state index contributed by atoms with van der Waals surface area (Å²) in [6.45, 7) is -0.100. The number of aliphatic imine (C=N–C) groups is 1. The van der Waals surface area contributed by atoms with E-state index in [0.717, 1.165) is 5.56 Å². The fourth-order valence-corrected chi connectivity index (χ4v) is 3.71. The maximum atomic E-state index is 13.0. The van der Waals surface area contributed by atoms with E-state index in [1.165, 1.54) is 23.1 Å². The van der Waals surface area contributed by atoms with Crippen LogP contribution in [0, 0.1) is 10.1 Å². The second kappa shape index (κ2) is 9.01. The predicted molar refractivity (Wildman–Crippen MR) is 126 cm³/mol. The minimum atomic E-state index is -0.816. The first-order chi connectivity index (χ1) is 15.9. The van der Waals surface area contributed by atoms with Crippen LogP contribution in [0.5, 0.6) is 0 Å². The molecule has 1 aliphatic heterocycles. The molecular weight excluding hydrogens is 422 g/mol. The standard InChI is InChI=1S/C24H21N5O4/c1-28(21(30)14-25)17-9-7-16(8-10-17)26-23(15-5-3-2-4-6-15)22-19-13-18(29(32)33)11-12-20(19)27-24(22)31/h2-13,22H,14,25H2,1H3,(H,27,31). The van der Waals surface area contributed by atoms with Gasteiger partial charge in [0, 0.05) is 36.1 Å². The lowest BCUT2D eigenvalue weighted by Gasteiger charge is -2.17. The molecule has 0 aromatic heterocycles. The van der Waals surface area contributed by atoms with Gasteiger partial charge in [0.05, 0.1) is 22.9 Å². The Morgan fingerprint density at radius 1 is 1.12 bits per heavy atom. The zero-order valence-electron chi connectivity index (χ0n) is 17.8. The lowest BCUT2D eigenvalue weighted by atomic mass is 9.90. The average Bonchev–Trinajstić information content (AvgIpc) is 3.17. The minimum Gasteiger partial charge on any atom is -0.325 e. The molecule has 1 unspecified atom stereocenters. The van der Waals surface area contributed by atoms with Gasteiger partial charge in [0.2, 0.25) is 11.8 Å². The molecule has 1 aliphatic rings. The van der Waals surface area contributed by atoms with Crippen molar-refractivity contribution in [3.05, 3.63) is 94.0 Å². The molecule has 0 saturated carbocycles. The number of anilines is 2. The number of nitrogens with one attached hydrogen (secondary N) is 1. The SMILES string of the molecule is CN(C(=O)CN)c1ccc(N=C(c2ccccc2)C2C(=O)Nc3ccc([N+](=O)[O-])cc32)cc1. The Kier molecular flexibility index (Phi) is 5.97. The van der Waals surface area contributed by atoms with Gasteiger partial charge >= 0.3 is 0 Å². The molecule has 166 valence electrons. The normalized spacial score (nSPS) is 15.0. The van der Waals surface area contributed by atoms with Crippen LogP contribution in [0.3, 0.4) is 0 Å². The number of nitro benzene ring substituents is 1. The van der Waals surface area contributed by atoms with Crippen LogP contribution in [-0.2, 0) is 9.59 Å². The molecule has 0 saturated heterocycles. The van der Waals surface area contributed by atoms with Gasteiger partial charge in [-0.25, -0.2) is 0 Å². The van der Waals surface area contributed by atoms with E-state index in [2.05, 4.69) is 5.32 Å². The smallest absolute Gasteiger partial charge is 0.269 e. The summed E-state index contributed by atoms with van der Waals surface area (Å²) in [5.41, 5.74) is 8.77. The maximum absolute atomic E-state index is 13.0. The van der Waals surface area contributed by atoms with Crippen LogP contribution < -0.4 is 16.0 Å². The number of carbonyl (C=O) groups is 2. The van der Waals surface area contributed by atoms with Gasteiger partial charge in [-0.1, -0.05) is 30.3 Å². The van der Waals surface area contributed by atoms with Crippen LogP contribution in [0.4, 0.5) is 22.7 Å². The lowest BCUT2D eigenvalue weighted by Crippen LogP contribution is -2.32. The van der Waals surface area contributed by atoms with E-state index in [1.54, 1.807) is 31.3 Å². The zero-order valence-corrected chi connectivity index (χ0v) is 17.8. The van der Waals surface area contributed by atoms with Crippen LogP contribution in [0.15, 0.2) is 77.8 Å². The molecule has 4 rings (SSSR count). The number of nitro groups is 1. The summed E-state index contributed by atoms with van der Waals surface area (Å²) in [6.07, 6.45) is 0. The molecule has 3 aromatic carbocycles. The monoisotopic (exact) mass is 443 g/mol. The molecule has 33 heavy (non-hydrogen) atoms. The molecule has 0 radical (unpaired) electrons. The summed E-state index contributed by atoms with van der Waals surface area (Å²) in [6, 6.07) is 20.5. The van der Waals surface area contributed by atoms with Gasteiger partial charge in [0.25, 0.3) is 5.69 Å². The van der Waals surface area contributed by atoms with Crippen molar-refractivity contribution in [1.82, 2.24) is 0 Å². The summed E-state index contributed by atoms with van der Waals surface area (Å²) < 4.78 is 0. The van der Waals surface area contributed by atoms with E-state index in [1.807, 2.05) is 30.3 Å². The Labute approximate surface area is 189 Å². The predicted octanol–water partition coefficient (Wildman–Crippen LogP) is 3.37. The molecule has 0 fully saturated rings. The summed E-state index contributed by atoms with van der Waals surface area (Å²) in [7, 11) is 1.63. The van der Waals surface area contributed by atoms with Gasteiger partial charge in [-0.05, 0) is 35.9 Å². The topological polar surface area (TPSA) is 131 Å². The number of hydrogen-bond donors (Lipinski definition) is 2. The van der Waals surface area contributed by atoms with Crippen molar-refractivity contribution in [3.8, 4) is 0 Å². The van der Waals surface area contributed by atoms with Gasteiger partial charge in [-0.15, -0.1) is 0 Å². The van der Waals surface area contributed by atoms with E-state index in [4.69, 9.17) is 10.7 Å². The summed E-state index contributed by atoms with van der Waals surface area (Å²) >= 11 is 0. The highest BCUT2D eigenvalue weighted by Crippen LogP contribution is 2.38. The Bertz CT molecular complexity index is 1260. The number of nitrogens with two attached hydrogens (primary N) is 1. The van der Waals surface area contributed by atoms with Gasteiger partial charge < -0.3 is 16.0 Å². The third-order valence-electron chi connectivity index (χ3n) is 5.46. The molecule has 2 amide bonds. The number of non-ortho nitro benzene ring substituents is 1. The summed E-state index contributed by atoms with van der Waals surface area (Å²) in [5, 5.41) is 14.1. The van der Waals surface area contributed by atoms with Crippen LogP contribution in [-0.4, -0.2) is 36.0 Å². The molecular formula is C24H21N5O4. The van der Waals surface area contributed by atoms with Gasteiger partial charge in [0.1, 0.15) is 5.92 Å². The van der Waals surface area contributed by atoms with E-state index in [0.29, 0.717) is 28.3 Å². The van der Waals surface area contributed by atoms with Crippen LogP contribution in [0.25, 0.3) is 0 Å². The number of nitrogens with zero attached hydrogens (tertiary/aromatic N) is 3. The second-order valence-corrected chi connectivity index (χ2v) is 7.49. The van der Waals surface area contributed by atoms with Crippen molar-refractivity contribution < 1.29 is 14.5 Å². The van der Waals surface area contributed by atoms with Crippen molar-refractivity contribution in [1.29, 1.82) is 0 Å². The number of amides is 2. The number of likely N-dealkylation sites (N-methyl/N-ethyl adjacent to an activating group) is 1. The Morgan fingerprint density at radius 2 is 1.82 bits per heavy atom. The number of carbonyl (C=O) groups excluding carboxylic acids is 2. The van der Waals surface area contributed by atoms with Gasteiger partial charge in [-0.3, -0.25) is 24.7 Å². The van der Waals surface area contributed by atoms with E-state index >= 15 is 0 Å². The number of fused-ring (bicyclic) bond motifs is 1. The Morgan fingerprint density at radius 3 is 2.45 bits per heavy atom. The molecule has 0 aliphatic carbocycles. The largest absolute Gasteiger partial charge is 0.325 e. The molecule has 1 atom stereocenters. The van der Waals surface area contributed by atoms with Crippen molar-refractivity contribution in [2.75, 3.05) is 23.8 Å². The molecule has 0 spiro atoms. The highest BCUT2D eigenvalue weighted by Gasteiger charge is 2.36. The fraction of sp³-hybridized carbons (Fsp3) is 0.125. The van der Waals surface area contributed by atoms with Crippen LogP contribution in [0.1, 0.15) is 17.0 Å². The highest BCUT2D eigenvalue weighted by atomic mass is 16.6. The molecule has 1 heterocycles. The van der Waals surface area contributed by atoms with E-state index < -0.39 is 10.8 Å². The number of rotatable bonds is 6.